The summed E-state index contributed by atoms with van der Waals surface area (Å²) in [5.41, 5.74) is 3.15. The van der Waals surface area contributed by atoms with Crippen molar-refractivity contribution in [2.75, 3.05) is 18.4 Å². The maximum atomic E-state index is 12.0. The summed E-state index contributed by atoms with van der Waals surface area (Å²) < 4.78 is 1.05. The van der Waals surface area contributed by atoms with Gasteiger partial charge >= 0.3 is 0 Å². The molecule has 18 heavy (non-hydrogen) atoms. The van der Waals surface area contributed by atoms with Gasteiger partial charge in [0.15, 0.2) is 0 Å². The number of halogens is 1. The number of nitrogens with one attached hydrogen (secondary N) is 2. The van der Waals surface area contributed by atoms with Crippen molar-refractivity contribution in [2.24, 2.45) is 5.92 Å². The van der Waals surface area contributed by atoms with E-state index in [4.69, 9.17) is 0 Å². The second-order valence-corrected chi connectivity index (χ2v) is 5.94. The summed E-state index contributed by atoms with van der Waals surface area (Å²) in [6, 6.07) is 4.06. The highest BCUT2D eigenvalue weighted by molar-refractivity contribution is 9.10. The number of carbonyl (C=O) groups excluding carboxylic acids is 1. The SMILES string of the molecule is Cc1cc(Br)cc(C)c1NC(=O)CC1CCNC1. The predicted octanol–water partition coefficient (Wildman–Crippen LogP) is 3.00. The first-order valence-corrected chi connectivity index (χ1v) is 7.13. The number of hydrogen-bond acceptors (Lipinski definition) is 2. The standard InChI is InChI=1S/C14H19BrN2O/c1-9-5-12(15)6-10(2)14(9)17-13(18)7-11-3-4-16-8-11/h5-6,11,16H,3-4,7-8H2,1-2H3,(H,17,18). The second-order valence-electron chi connectivity index (χ2n) is 5.03. The summed E-state index contributed by atoms with van der Waals surface area (Å²) in [6.45, 7) is 6.04. The normalized spacial score (nSPS) is 18.9. The predicted molar refractivity (Wildman–Crippen MR) is 77.8 cm³/mol. The van der Waals surface area contributed by atoms with Crippen LogP contribution in [0.25, 0.3) is 0 Å². The van der Waals surface area contributed by atoms with Crippen molar-refractivity contribution < 1.29 is 4.79 Å². The van der Waals surface area contributed by atoms with Crippen LogP contribution in [0.3, 0.4) is 0 Å². The van der Waals surface area contributed by atoms with Crippen molar-refractivity contribution in [2.45, 2.75) is 26.7 Å². The maximum absolute atomic E-state index is 12.0. The Morgan fingerprint density at radius 1 is 1.44 bits per heavy atom. The highest BCUT2D eigenvalue weighted by atomic mass is 79.9. The van der Waals surface area contributed by atoms with E-state index in [0.29, 0.717) is 12.3 Å². The molecule has 1 heterocycles. The first-order chi connectivity index (χ1) is 8.56. The van der Waals surface area contributed by atoms with E-state index in [1.807, 2.05) is 26.0 Å². The fourth-order valence-electron chi connectivity index (χ4n) is 2.45. The van der Waals surface area contributed by atoms with E-state index in [0.717, 1.165) is 40.8 Å². The first-order valence-electron chi connectivity index (χ1n) is 6.33. The van der Waals surface area contributed by atoms with Gasteiger partial charge < -0.3 is 10.6 Å². The van der Waals surface area contributed by atoms with Crippen molar-refractivity contribution in [3.8, 4) is 0 Å². The van der Waals surface area contributed by atoms with Crippen molar-refractivity contribution in [3.05, 3.63) is 27.7 Å². The minimum Gasteiger partial charge on any atom is -0.326 e. The molecule has 1 aliphatic rings. The van der Waals surface area contributed by atoms with Crippen molar-refractivity contribution in [3.63, 3.8) is 0 Å². The van der Waals surface area contributed by atoms with Gasteiger partial charge in [0.05, 0.1) is 0 Å². The van der Waals surface area contributed by atoms with E-state index in [2.05, 4.69) is 26.6 Å². The van der Waals surface area contributed by atoms with Gasteiger partial charge in [-0.1, -0.05) is 15.9 Å². The van der Waals surface area contributed by atoms with Crippen LogP contribution in [0, 0.1) is 19.8 Å². The molecule has 2 rings (SSSR count). The molecule has 1 atom stereocenters. The van der Waals surface area contributed by atoms with E-state index in [1.54, 1.807) is 0 Å². The molecule has 1 aromatic rings. The monoisotopic (exact) mass is 310 g/mol. The molecule has 98 valence electrons. The van der Waals surface area contributed by atoms with Gasteiger partial charge in [0.1, 0.15) is 0 Å². The van der Waals surface area contributed by atoms with E-state index < -0.39 is 0 Å². The fourth-order valence-corrected chi connectivity index (χ4v) is 3.14. The third-order valence-electron chi connectivity index (χ3n) is 3.40. The van der Waals surface area contributed by atoms with Gasteiger partial charge in [-0.3, -0.25) is 4.79 Å². The Bertz CT molecular complexity index is 430. The van der Waals surface area contributed by atoms with Crippen LogP contribution >= 0.6 is 15.9 Å². The molecule has 0 aliphatic carbocycles. The number of rotatable bonds is 3. The third kappa shape index (κ3) is 3.33. The van der Waals surface area contributed by atoms with Gasteiger partial charge in [-0.25, -0.2) is 0 Å². The smallest absolute Gasteiger partial charge is 0.224 e. The lowest BCUT2D eigenvalue weighted by Crippen LogP contribution is -2.19. The minimum absolute atomic E-state index is 0.122. The summed E-state index contributed by atoms with van der Waals surface area (Å²) >= 11 is 3.46. The van der Waals surface area contributed by atoms with Crippen LogP contribution in [0.1, 0.15) is 24.0 Å². The van der Waals surface area contributed by atoms with Crippen LogP contribution in [0.4, 0.5) is 5.69 Å². The molecule has 0 bridgehead atoms. The van der Waals surface area contributed by atoms with Crippen LogP contribution in [0.5, 0.6) is 0 Å². The summed E-state index contributed by atoms with van der Waals surface area (Å²) in [6.07, 6.45) is 1.72. The van der Waals surface area contributed by atoms with Crippen LogP contribution in [-0.4, -0.2) is 19.0 Å². The van der Waals surface area contributed by atoms with Gasteiger partial charge in [0.2, 0.25) is 5.91 Å². The molecular weight excluding hydrogens is 292 g/mol. The summed E-state index contributed by atoms with van der Waals surface area (Å²) in [7, 11) is 0. The highest BCUT2D eigenvalue weighted by Gasteiger charge is 2.18. The number of aryl methyl sites for hydroxylation is 2. The van der Waals surface area contributed by atoms with Crippen LogP contribution in [0.2, 0.25) is 0 Å². The molecule has 4 heteroatoms. The lowest BCUT2D eigenvalue weighted by molar-refractivity contribution is -0.117. The zero-order valence-electron chi connectivity index (χ0n) is 10.8. The summed E-state index contributed by atoms with van der Waals surface area (Å²) in [5.74, 6) is 0.610. The molecule has 1 saturated heterocycles. The Kier molecular flexibility index (Phi) is 4.40. The second kappa shape index (κ2) is 5.85. The lowest BCUT2D eigenvalue weighted by atomic mass is 10.0. The molecule has 1 fully saturated rings. The molecule has 0 spiro atoms. The zero-order chi connectivity index (χ0) is 13.1. The van der Waals surface area contributed by atoms with Crippen LogP contribution in [0.15, 0.2) is 16.6 Å². The average molecular weight is 311 g/mol. The molecule has 0 radical (unpaired) electrons. The number of anilines is 1. The lowest BCUT2D eigenvalue weighted by Gasteiger charge is -2.14. The average Bonchev–Trinajstić information content (AvgIpc) is 2.76. The van der Waals surface area contributed by atoms with Gasteiger partial charge in [0, 0.05) is 16.6 Å². The Morgan fingerprint density at radius 3 is 2.67 bits per heavy atom. The van der Waals surface area contributed by atoms with Crippen molar-refractivity contribution in [1.29, 1.82) is 0 Å². The van der Waals surface area contributed by atoms with E-state index >= 15 is 0 Å². The van der Waals surface area contributed by atoms with E-state index in [9.17, 15) is 4.79 Å². The number of carbonyl (C=O) groups is 1. The zero-order valence-corrected chi connectivity index (χ0v) is 12.4. The molecule has 1 aromatic carbocycles. The fraction of sp³-hybridized carbons (Fsp3) is 0.500. The quantitative estimate of drug-likeness (QED) is 0.901. The molecule has 0 aromatic heterocycles. The maximum Gasteiger partial charge on any atom is 0.224 e. The molecule has 2 N–H and O–H groups in total. The van der Waals surface area contributed by atoms with E-state index in [1.165, 1.54) is 0 Å². The molecule has 1 amide bonds. The Morgan fingerprint density at radius 2 is 2.11 bits per heavy atom. The van der Waals surface area contributed by atoms with E-state index in [-0.39, 0.29) is 5.91 Å². The first kappa shape index (κ1) is 13.6. The van der Waals surface area contributed by atoms with Crippen LogP contribution in [-0.2, 0) is 4.79 Å². The van der Waals surface area contributed by atoms with Crippen molar-refractivity contribution in [1.82, 2.24) is 5.32 Å². The van der Waals surface area contributed by atoms with Gasteiger partial charge in [-0.2, -0.15) is 0 Å². The molecule has 3 nitrogen and oxygen atoms in total. The topological polar surface area (TPSA) is 41.1 Å². The molecule has 0 saturated carbocycles. The van der Waals surface area contributed by atoms with Gasteiger partial charge in [0.25, 0.3) is 0 Å². The van der Waals surface area contributed by atoms with Crippen LogP contribution < -0.4 is 10.6 Å². The summed E-state index contributed by atoms with van der Waals surface area (Å²) in [4.78, 5) is 12.0. The Hall–Kier alpha value is -0.870. The largest absolute Gasteiger partial charge is 0.326 e. The number of amides is 1. The molecule has 1 unspecified atom stereocenters. The molecular formula is C14H19BrN2O. The Balaban J connectivity index is 2.02. The molecule has 1 aliphatic heterocycles. The van der Waals surface area contributed by atoms with Crippen molar-refractivity contribution >= 4 is 27.5 Å². The highest BCUT2D eigenvalue weighted by Crippen LogP contribution is 2.25. The third-order valence-corrected chi connectivity index (χ3v) is 3.86. The number of benzene rings is 1. The van der Waals surface area contributed by atoms with Gasteiger partial charge in [-0.15, -0.1) is 0 Å². The summed E-state index contributed by atoms with van der Waals surface area (Å²) in [5, 5.41) is 6.33. The van der Waals surface area contributed by atoms with Gasteiger partial charge in [-0.05, 0) is 62.5 Å². The Labute approximate surface area is 116 Å². The number of hydrogen-bond donors (Lipinski definition) is 2. The minimum atomic E-state index is 0.122.